The molecule has 0 aliphatic rings. The van der Waals surface area contributed by atoms with Gasteiger partial charge in [0.15, 0.2) is 0 Å². The Morgan fingerprint density at radius 1 is 0.207 bits per heavy atom. The highest BCUT2D eigenvalue weighted by Crippen LogP contribution is 2.15. The maximum absolute atomic E-state index is 13.2. The van der Waals surface area contributed by atoms with Crippen molar-refractivity contribution in [1.82, 2.24) is 36.4 Å². The smallest absolute Gasteiger partial charge is 0.221 e. The van der Waals surface area contributed by atoms with Gasteiger partial charge in [0.25, 0.3) is 0 Å². The van der Waals surface area contributed by atoms with Crippen LogP contribution in [0.2, 0.25) is 0 Å². The number of carbonyl (C=O) groups is 4. The van der Waals surface area contributed by atoms with Crippen LogP contribution in [-0.4, -0.2) is 112 Å². The van der Waals surface area contributed by atoms with Crippen LogP contribution in [-0.2, 0) is 19.2 Å². The van der Waals surface area contributed by atoms with E-state index >= 15 is 0 Å². The van der Waals surface area contributed by atoms with Gasteiger partial charge >= 0.3 is 0 Å². The number of carbonyl (C=O) groups excluding carboxylic acids is 4. The van der Waals surface area contributed by atoms with Crippen molar-refractivity contribution in [3.63, 3.8) is 0 Å². The lowest BCUT2D eigenvalue weighted by molar-refractivity contribution is -0.122. The summed E-state index contributed by atoms with van der Waals surface area (Å²) >= 11 is 0. The Morgan fingerprint density at radius 2 is 0.451 bits per heavy atom. The molecule has 0 rings (SSSR count). The number of amides is 4. The third-order valence-corrected chi connectivity index (χ3v) is 17.0. The molecule has 0 aliphatic heterocycles. The lowest BCUT2D eigenvalue weighted by Crippen LogP contribution is -2.42. The van der Waals surface area contributed by atoms with Gasteiger partial charge in [0.05, 0.1) is 0 Å². The predicted molar refractivity (Wildman–Crippen MR) is 356 cm³/mol. The SMILES string of the molecule is CCCCCCCCCCCCCNC(=O)CCCCCN(CCC(=O)NCCCCCCCCCCCCC)CCN(CCNCCC(=O)NCCCCCCCCCCCCC)CCC(=O)NCCCCCCCCCCCCC. The summed E-state index contributed by atoms with van der Waals surface area (Å²) in [5.74, 6) is 0.536. The zero-order chi connectivity index (χ0) is 59.5. The Labute approximate surface area is 510 Å². The maximum atomic E-state index is 13.2. The molecule has 0 unspecified atom stereocenters. The number of unbranched alkanes of at least 4 members (excludes halogenated alkanes) is 42. The van der Waals surface area contributed by atoms with E-state index in [1.54, 1.807) is 0 Å². The monoisotopic (exact) mass is 1160 g/mol. The summed E-state index contributed by atoms with van der Waals surface area (Å²) in [5.41, 5.74) is 0. The first-order valence-electron chi connectivity index (χ1n) is 36.6. The average molecular weight is 1160 g/mol. The van der Waals surface area contributed by atoms with Crippen molar-refractivity contribution >= 4 is 23.6 Å². The molecule has 0 fully saturated rings. The second-order valence-electron chi connectivity index (χ2n) is 25.0. The highest BCUT2D eigenvalue weighted by Gasteiger charge is 2.14. The van der Waals surface area contributed by atoms with Crippen LogP contribution in [0.15, 0.2) is 0 Å². The topological polar surface area (TPSA) is 135 Å². The Kier molecular flexibility index (Phi) is 66.0. The van der Waals surface area contributed by atoms with Crippen molar-refractivity contribution in [3.05, 3.63) is 0 Å². The van der Waals surface area contributed by atoms with Gasteiger partial charge in [-0.2, -0.15) is 0 Å². The molecule has 4 amide bonds. The minimum atomic E-state index is 0.115. The number of hydrogen-bond acceptors (Lipinski definition) is 7. The lowest BCUT2D eigenvalue weighted by Gasteiger charge is -2.28. The first kappa shape index (κ1) is 79.8. The molecule has 486 valence electrons. The average Bonchev–Trinajstić information content (AvgIpc) is 3.47. The molecule has 0 aliphatic carbocycles. The van der Waals surface area contributed by atoms with Crippen LogP contribution >= 0.6 is 0 Å². The minimum Gasteiger partial charge on any atom is -0.356 e. The number of rotatable bonds is 69. The van der Waals surface area contributed by atoms with Crippen LogP contribution in [0, 0.1) is 0 Å². The molecule has 0 radical (unpaired) electrons. The van der Waals surface area contributed by atoms with Crippen molar-refractivity contribution in [3.8, 4) is 0 Å². The maximum Gasteiger partial charge on any atom is 0.221 e. The summed E-state index contributed by atoms with van der Waals surface area (Å²) in [5, 5.41) is 16.3. The molecule has 0 spiro atoms. The molecule has 0 saturated carbocycles. The Balaban J connectivity index is 5.18. The van der Waals surface area contributed by atoms with E-state index in [4.69, 9.17) is 0 Å². The summed E-state index contributed by atoms with van der Waals surface area (Å²) in [6.07, 6.45) is 62.1. The normalized spacial score (nSPS) is 11.5. The quantitative estimate of drug-likeness (QED) is 0.0383. The van der Waals surface area contributed by atoms with Crippen molar-refractivity contribution < 1.29 is 19.2 Å². The third kappa shape index (κ3) is 63.8. The van der Waals surface area contributed by atoms with Crippen molar-refractivity contribution in [1.29, 1.82) is 0 Å². The molecular formula is C71H143N7O4. The molecule has 0 heterocycles. The number of nitrogens with zero attached hydrogens (tertiary/aromatic N) is 2. The Hall–Kier alpha value is -2.24. The zero-order valence-corrected chi connectivity index (χ0v) is 55.6. The van der Waals surface area contributed by atoms with E-state index in [0.29, 0.717) is 45.3 Å². The third-order valence-electron chi connectivity index (χ3n) is 17.0. The van der Waals surface area contributed by atoms with Gasteiger partial charge < -0.3 is 36.4 Å². The van der Waals surface area contributed by atoms with E-state index in [2.05, 4.69) is 64.1 Å². The lowest BCUT2D eigenvalue weighted by atomic mass is 10.1. The van der Waals surface area contributed by atoms with E-state index in [1.165, 1.54) is 257 Å². The zero-order valence-electron chi connectivity index (χ0n) is 55.6. The van der Waals surface area contributed by atoms with Crippen LogP contribution in [0.1, 0.15) is 355 Å². The molecule has 11 nitrogen and oxygen atoms in total. The first-order chi connectivity index (χ1) is 40.4. The Bertz CT molecular complexity index is 1240. The molecule has 11 heteroatoms. The van der Waals surface area contributed by atoms with Gasteiger partial charge in [0.2, 0.25) is 23.6 Å². The van der Waals surface area contributed by atoms with Crippen LogP contribution in [0.25, 0.3) is 0 Å². The van der Waals surface area contributed by atoms with E-state index in [1.807, 2.05) is 0 Å². The van der Waals surface area contributed by atoms with E-state index in [0.717, 1.165) is 104 Å². The van der Waals surface area contributed by atoms with Crippen LogP contribution in [0.5, 0.6) is 0 Å². The van der Waals surface area contributed by atoms with Gasteiger partial charge in [-0.05, 0) is 45.1 Å². The van der Waals surface area contributed by atoms with Crippen LogP contribution in [0.3, 0.4) is 0 Å². The van der Waals surface area contributed by atoms with Gasteiger partial charge in [-0.15, -0.1) is 0 Å². The first-order valence-corrected chi connectivity index (χ1v) is 36.6. The van der Waals surface area contributed by atoms with Crippen molar-refractivity contribution in [2.24, 2.45) is 0 Å². The molecule has 0 aromatic heterocycles. The predicted octanol–water partition coefficient (Wildman–Crippen LogP) is 17.6. The highest BCUT2D eigenvalue weighted by atomic mass is 16.2. The summed E-state index contributed by atoms with van der Waals surface area (Å²) in [6, 6.07) is 0. The molecule has 0 atom stereocenters. The molecular weight excluding hydrogens is 1010 g/mol. The highest BCUT2D eigenvalue weighted by molar-refractivity contribution is 5.77. The fourth-order valence-electron chi connectivity index (χ4n) is 11.3. The van der Waals surface area contributed by atoms with E-state index in [9.17, 15) is 19.2 Å². The second kappa shape index (κ2) is 67.9. The van der Waals surface area contributed by atoms with Crippen molar-refractivity contribution in [2.45, 2.75) is 355 Å². The van der Waals surface area contributed by atoms with Gasteiger partial charge in [-0.25, -0.2) is 0 Å². The minimum absolute atomic E-state index is 0.115. The molecule has 0 bridgehead atoms. The molecule has 0 saturated heterocycles. The molecule has 82 heavy (non-hydrogen) atoms. The molecule has 5 N–H and O–H groups in total. The van der Waals surface area contributed by atoms with Crippen LogP contribution < -0.4 is 26.6 Å². The standard InChI is InChI=1S/C71H143N7O4/c1-5-9-13-17-21-25-29-33-37-41-47-56-73-68(79)52-46-45-51-62-77(63-54-70(81)75-58-49-43-39-35-31-27-23-19-15-11-7-3)66-67-78(64-55-71(82)76-59-50-44-40-36-32-28-24-20-16-12-8-4)65-61-72-60-53-69(80)74-57-48-42-38-34-30-26-22-18-14-10-6-2/h72H,5-67H2,1-4H3,(H,73,79)(H,74,80)(H,75,81)(H,76,82). The number of hydrogen-bond donors (Lipinski definition) is 5. The van der Waals surface area contributed by atoms with Gasteiger partial charge in [-0.3, -0.25) is 19.2 Å². The van der Waals surface area contributed by atoms with E-state index < -0.39 is 0 Å². The number of nitrogens with one attached hydrogen (secondary N) is 5. The van der Waals surface area contributed by atoms with Crippen molar-refractivity contribution in [2.75, 3.05) is 78.5 Å². The molecule has 0 aromatic carbocycles. The summed E-state index contributed by atoms with van der Waals surface area (Å²) < 4.78 is 0. The fraction of sp³-hybridized carbons (Fsp3) is 0.944. The molecule has 0 aromatic rings. The van der Waals surface area contributed by atoms with Gasteiger partial charge in [0, 0.05) is 97.7 Å². The Morgan fingerprint density at radius 3 is 0.756 bits per heavy atom. The summed E-state index contributed by atoms with van der Waals surface area (Å²) in [6.45, 7) is 18.2. The van der Waals surface area contributed by atoms with Crippen LogP contribution in [0.4, 0.5) is 0 Å². The fourth-order valence-corrected chi connectivity index (χ4v) is 11.3. The summed E-state index contributed by atoms with van der Waals surface area (Å²) in [4.78, 5) is 56.6. The van der Waals surface area contributed by atoms with Gasteiger partial charge in [0.1, 0.15) is 0 Å². The van der Waals surface area contributed by atoms with E-state index in [-0.39, 0.29) is 23.6 Å². The largest absolute Gasteiger partial charge is 0.356 e. The van der Waals surface area contributed by atoms with Gasteiger partial charge in [-0.1, -0.05) is 291 Å². The second-order valence-corrected chi connectivity index (χ2v) is 25.0. The summed E-state index contributed by atoms with van der Waals surface area (Å²) in [7, 11) is 0.